The van der Waals surface area contributed by atoms with Gasteiger partial charge in [-0.25, -0.2) is 0 Å². The molecule has 1 aromatic heterocycles. The van der Waals surface area contributed by atoms with Crippen LogP contribution in [0.1, 0.15) is 5.76 Å². The van der Waals surface area contributed by atoms with Crippen molar-refractivity contribution in [1.29, 1.82) is 5.26 Å². The van der Waals surface area contributed by atoms with E-state index in [9.17, 15) is 14.9 Å². The molecule has 0 saturated carbocycles. The topological polar surface area (TPSA) is 100 Å². The summed E-state index contributed by atoms with van der Waals surface area (Å²) in [5.41, 5.74) is 0.607. The summed E-state index contributed by atoms with van der Waals surface area (Å²) in [5, 5.41) is 19.7. The molecule has 0 atom stereocenters. The molecule has 0 aliphatic carbocycles. The molecule has 0 spiro atoms. The molecule has 0 aliphatic heterocycles. The predicted octanol–water partition coefficient (Wildman–Crippen LogP) is 2.85. The highest BCUT2D eigenvalue weighted by molar-refractivity contribution is 6.01. The second kappa shape index (κ2) is 6.58. The van der Waals surface area contributed by atoms with E-state index in [1.807, 2.05) is 6.07 Å². The second-order valence-electron chi connectivity index (χ2n) is 4.88. The third-order valence-electron chi connectivity index (χ3n) is 3.03. The monoisotopic (exact) mass is 311 g/mol. The van der Waals surface area contributed by atoms with Crippen LogP contribution in [0.4, 0.5) is 5.69 Å². The van der Waals surface area contributed by atoms with Crippen LogP contribution in [0, 0.1) is 21.4 Å². The van der Waals surface area contributed by atoms with E-state index < -0.39 is 10.8 Å². The fraction of sp³-hybridized carbons (Fsp3) is 0.125. The SMILES string of the molecule is CN(C)C(=O)/C(C#N)=C/c1ccc(-c2ccc([N+](=O)[O-])cc2)o1. The fourth-order valence-corrected chi connectivity index (χ4v) is 1.86. The number of benzene rings is 1. The normalized spacial score (nSPS) is 10.9. The Morgan fingerprint density at radius 3 is 2.43 bits per heavy atom. The number of hydrogen-bond donors (Lipinski definition) is 0. The number of carbonyl (C=O) groups excluding carboxylic acids is 1. The van der Waals surface area contributed by atoms with Gasteiger partial charge in [0.2, 0.25) is 0 Å². The molecule has 116 valence electrons. The Hall–Kier alpha value is -3.40. The molecule has 7 heteroatoms. The van der Waals surface area contributed by atoms with E-state index in [4.69, 9.17) is 9.68 Å². The molecule has 1 amide bonds. The molecule has 2 aromatic rings. The summed E-state index contributed by atoms with van der Waals surface area (Å²) in [6, 6.07) is 11.0. The fourth-order valence-electron chi connectivity index (χ4n) is 1.86. The molecule has 0 saturated heterocycles. The minimum absolute atomic E-state index is 0.0104. The Labute approximate surface area is 132 Å². The summed E-state index contributed by atoms with van der Waals surface area (Å²) < 4.78 is 5.56. The zero-order chi connectivity index (χ0) is 17.0. The molecule has 1 aromatic carbocycles. The smallest absolute Gasteiger partial charge is 0.269 e. The first-order valence-corrected chi connectivity index (χ1v) is 6.60. The van der Waals surface area contributed by atoms with E-state index in [2.05, 4.69) is 0 Å². The first-order valence-electron chi connectivity index (χ1n) is 6.60. The number of non-ortho nitro benzene ring substituents is 1. The van der Waals surface area contributed by atoms with Gasteiger partial charge in [-0.15, -0.1) is 0 Å². The molecule has 0 N–H and O–H groups in total. The summed E-state index contributed by atoms with van der Waals surface area (Å²) in [7, 11) is 3.11. The van der Waals surface area contributed by atoms with Gasteiger partial charge in [0.25, 0.3) is 11.6 Å². The maximum Gasteiger partial charge on any atom is 0.269 e. The van der Waals surface area contributed by atoms with Crippen molar-refractivity contribution < 1.29 is 14.1 Å². The number of furan rings is 1. The van der Waals surface area contributed by atoms with Crippen LogP contribution < -0.4 is 0 Å². The summed E-state index contributed by atoms with van der Waals surface area (Å²) in [6.45, 7) is 0. The summed E-state index contributed by atoms with van der Waals surface area (Å²) in [4.78, 5) is 23.2. The molecular formula is C16H13N3O4. The van der Waals surface area contributed by atoms with E-state index in [1.165, 1.54) is 23.1 Å². The number of carbonyl (C=O) groups is 1. The molecule has 1 heterocycles. The highest BCUT2D eigenvalue weighted by Gasteiger charge is 2.13. The van der Waals surface area contributed by atoms with Crippen LogP contribution in [-0.4, -0.2) is 29.8 Å². The Morgan fingerprint density at radius 2 is 1.91 bits per heavy atom. The lowest BCUT2D eigenvalue weighted by molar-refractivity contribution is -0.384. The van der Waals surface area contributed by atoms with Gasteiger partial charge in [0.15, 0.2) is 0 Å². The van der Waals surface area contributed by atoms with Gasteiger partial charge >= 0.3 is 0 Å². The first kappa shape index (κ1) is 16.0. The Kier molecular flexibility index (Phi) is 4.57. The molecular weight excluding hydrogens is 298 g/mol. The number of nitro groups is 1. The number of amides is 1. The van der Waals surface area contributed by atoms with Crippen LogP contribution in [0.3, 0.4) is 0 Å². The van der Waals surface area contributed by atoms with E-state index in [1.54, 1.807) is 38.4 Å². The van der Waals surface area contributed by atoms with Crippen LogP contribution in [0.2, 0.25) is 0 Å². The third kappa shape index (κ3) is 3.63. The van der Waals surface area contributed by atoms with Crippen molar-refractivity contribution in [2.45, 2.75) is 0 Å². The molecule has 0 radical (unpaired) electrons. The van der Waals surface area contributed by atoms with Crippen LogP contribution in [0.5, 0.6) is 0 Å². The van der Waals surface area contributed by atoms with E-state index >= 15 is 0 Å². The van der Waals surface area contributed by atoms with Gasteiger partial charge in [-0.05, 0) is 24.3 Å². The standard InChI is InChI=1S/C16H13N3O4/c1-18(2)16(20)12(10-17)9-14-7-8-15(23-14)11-3-5-13(6-4-11)19(21)22/h3-9H,1-2H3/b12-9+. The summed E-state index contributed by atoms with van der Waals surface area (Å²) in [5.74, 6) is 0.423. The van der Waals surface area contributed by atoms with Crippen LogP contribution in [0.15, 0.2) is 46.4 Å². The van der Waals surface area contributed by atoms with Gasteiger partial charge in [0, 0.05) is 37.9 Å². The Morgan fingerprint density at radius 1 is 1.26 bits per heavy atom. The number of nitrogens with zero attached hydrogens (tertiary/aromatic N) is 3. The number of rotatable bonds is 4. The van der Waals surface area contributed by atoms with Crippen LogP contribution >= 0.6 is 0 Å². The first-order chi connectivity index (χ1) is 10.9. The van der Waals surface area contributed by atoms with Crippen molar-refractivity contribution in [1.82, 2.24) is 4.90 Å². The largest absolute Gasteiger partial charge is 0.457 e. The molecule has 0 unspecified atom stereocenters. The van der Waals surface area contributed by atoms with Gasteiger partial charge in [-0.3, -0.25) is 14.9 Å². The van der Waals surface area contributed by atoms with Gasteiger partial charge < -0.3 is 9.32 Å². The molecule has 0 fully saturated rings. The van der Waals surface area contributed by atoms with E-state index in [0.29, 0.717) is 17.1 Å². The second-order valence-corrected chi connectivity index (χ2v) is 4.88. The van der Waals surface area contributed by atoms with Crippen molar-refractivity contribution in [3.05, 3.63) is 57.8 Å². The highest BCUT2D eigenvalue weighted by atomic mass is 16.6. The zero-order valence-electron chi connectivity index (χ0n) is 12.5. The number of likely N-dealkylation sites (N-methyl/N-ethyl adjacent to an activating group) is 1. The number of hydrogen-bond acceptors (Lipinski definition) is 5. The van der Waals surface area contributed by atoms with Crippen molar-refractivity contribution in [2.75, 3.05) is 14.1 Å². The van der Waals surface area contributed by atoms with Crippen molar-refractivity contribution in [3.8, 4) is 17.4 Å². The van der Waals surface area contributed by atoms with Crippen molar-refractivity contribution >= 4 is 17.7 Å². The van der Waals surface area contributed by atoms with Gasteiger partial charge in [-0.1, -0.05) is 0 Å². The molecule has 2 rings (SSSR count). The average Bonchev–Trinajstić information content (AvgIpc) is 3.00. The maximum absolute atomic E-state index is 11.8. The van der Waals surface area contributed by atoms with Gasteiger partial charge in [0.05, 0.1) is 4.92 Å². The molecule has 0 bridgehead atoms. The zero-order valence-corrected chi connectivity index (χ0v) is 12.5. The summed E-state index contributed by atoms with van der Waals surface area (Å²) >= 11 is 0. The molecule has 23 heavy (non-hydrogen) atoms. The van der Waals surface area contributed by atoms with Crippen LogP contribution in [-0.2, 0) is 4.79 Å². The third-order valence-corrected chi connectivity index (χ3v) is 3.03. The minimum Gasteiger partial charge on any atom is -0.457 e. The highest BCUT2D eigenvalue weighted by Crippen LogP contribution is 2.25. The maximum atomic E-state index is 11.8. The Balaban J connectivity index is 2.28. The van der Waals surface area contributed by atoms with Crippen LogP contribution in [0.25, 0.3) is 17.4 Å². The summed E-state index contributed by atoms with van der Waals surface area (Å²) in [6.07, 6.45) is 1.36. The number of nitriles is 1. The Bertz CT molecular complexity index is 811. The lowest BCUT2D eigenvalue weighted by Gasteiger charge is -2.07. The van der Waals surface area contributed by atoms with E-state index in [-0.39, 0.29) is 11.3 Å². The van der Waals surface area contributed by atoms with Crippen molar-refractivity contribution in [3.63, 3.8) is 0 Å². The minimum atomic E-state index is -0.480. The predicted molar refractivity (Wildman–Crippen MR) is 83.1 cm³/mol. The number of nitro benzene ring substituents is 1. The van der Waals surface area contributed by atoms with Crippen molar-refractivity contribution in [2.24, 2.45) is 0 Å². The molecule has 7 nitrogen and oxygen atoms in total. The van der Waals surface area contributed by atoms with E-state index in [0.717, 1.165) is 0 Å². The molecule has 0 aliphatic rings. The average molecular weight is 311 g/mol. The lowest BCUT2D eigenvalue weighted by atomic mass is 10.1. The quantitative estimate of drug-likeness (QED) is 0.374. The van der Waals surface area contributed by atoms with Gasteiger partial charge in [-0.2, -0.15) is 5.26 Å². The van der Waals surface area contributed by atoms with Gasteiger partial charge in [0.1, 0.15) is 23.2 Å². The lowest BCUT2D eigenvalue weighted by Crippen LogP contribution is -2.22.